The van der Waals surface area contributed by atoms with Crippen LogP contribution in [0.5, 0.6) is 0 Å². The number of carbonyl (C=O) groups excluding carboxylic acids is 1. The van der Waals surface area contributed by atoms with Crippen molar-refractivity contribution in [3.05, 3.63) is 35.9 Å². The Labute approximate surface area is 108 Å². The third-order valence-electron chi connectivity index (χ3n) is 2.08. The third kappa shape index (κ3) is 5.13. The van der Waals surface area contributed by atoms with Crippen LogP contribution >= 0.6 is 12.6 Å². The predicted molar refractivity (Wildman–Crippen MR) is 72.4 cm³/mol. The first kappa shape index (κ1) is 13.9. The molecule has 4 heteroatoms. The molecule has 3 nitrogen and oxygen atoms in total. The van der Waals surface area contributed by atoms with Gasteiger partial charge in [-0.3, -0.25) is 0 Å². The lowest BCUT2D eigenvalue weighted by Crippen LogP contribution is -2.35. The molecule has 0 radical (unpaired) electrons. The average Bonchev–Trinajstić information content (AvgIpc) is 2.24. The molecule has 0 saturated heterocycles. The van der Waals surface area contributed by atoms with E-state index in [9.17, 15) is 4.79 Å². The van der Waals surface area contributed by atoms with Gasteiger partial charge in [-0.15, -0.1) is 0 Å². The Hall–Kier alpha value is -1.16. The van der Waals surface area contributed by atoms with E-state index >= 15 is 0 Å². The molecule has 1 rings (SSSR count). The second-order valence-corrected chi connectivity index (χ2v) is 5.16. The second-order valence-electron chi connectivity index (χ2n) is 4.79. The normalized spacial score (nSPS) is 12.9. The summed E-state index contributed by atoms with van der Waals surface area (Å²) in [6.45, 7) is 5.51. The smallest absolute Gasteiger partial charge is 0.408 e. The van der Waals surface area contributed by atoms with E-state index < -0.39 is 11.7 Å². The zero-order valence-corrected chi connectivity index (χ0v) is 11.3. The Balaban J connectivity index is 2.62. The van der Waals surface area contributed by atoms with E-state index in [1.54, 1.807) is 0 Å². The molecule has 0 spiro atoms. The van der Waals surface area contributed by atoms with Crippen LogP contribution in [0.3, 0.4) is 0 Å². The highest BCUT2D eigenvalue weighted by atomic mass is 32.1. The number of carbonyl (C=O) groups is 1. The van der Waals surface area contributed by atoms with Gasteiger partial charge in [-0.05, 0) is 26.3 Å². The topological polar surface area (TPSA) is 38.3 Å². The van der Waals surface area contributed by atoms with Crippen molar-refractivity contribution in [2.45, 2.75) is 32.4 Å². The molecule has 0 saturated carbocycles. The molecule has 1 aromatic rings. The maximum atomic E-state index is 11.6. The number of hydrogen-bond donors (Lipinski definition) is 2. The Morgan fingerprint density at radius 1 is 1.35 bits per heavy atom. The zero-order chi connectivity index (χ0) is 12.9. The number of hydrogen-bond acceptors (Lipinski definition) is 3. The molecule has 0 heterocycles. The molecule has 0 aliphatic heterocycles. The maximum Gasteiger partial charge on any atom is 0.408 e. The van der Waals surface area contributed by atoms with Crippen molar-refractivity contribution in [2.75, 3.05) is 5.75 Å². The highest BCUT2D eigenvalue weighted by Gasteiger charge is 2.19. The summed E-state index contributed by atoms with van der Waals surface area (Å²) in [5.41, 5.74) is 0.537. The molecule has 0 aliphatic rings. The van der Waals surface area contributed by atoms with Crippen LogP contribution in [0.25, 0.3) is 0 Å². The molecule has 0 bridgehead atoms. The van der Waals surface area contributed by atoms with Gasteiger partial charge in [0, 0.05) is 5.75 Å². The van der Waals surface area contributed by atoms with Gasteiger partial charge in [0.1, 0.15) is 5.60 Å². The predicted octanol–water partition coefficient (Wildman–Crippen LogP) is 3.18. The van der Waals surface area contributed by atoms with Crippen LogP contribution in [0.15, 0.2) is 30.3 Å². The lowest BCUT2D eigenvalue weighted by atomic mass is 10.1. The van der Waals surface area contributed by atoms with E-state index in [1.807, 2.05) is 51.1 Å². The van der Waals surface area contributed by atoms with Crippen LogP contribution in [-0.2, 0) is 4.74 Å². The molecule has 1 aromatic carbocycles. The van der Waals surface area contributed by atoms with Crippen molar-refractivity contribution in [2.24, 2.45) is 0 Å². The van der Waals surface area contributed by atoms with Crippen molar-refractivity contribution in [3.8, 4) is 0 Å². The lowest BCUT2D eigenvalue weighted by molar-refractivity contribution is 0.0509. The van der Waals surface area contributed by atoms with Crippen molar-refractivity contribution in [1.82, 2.24) is 5.32 Å². The van der Waals surface area contributed by atoms with Gasteiger partial charge < -0.3 is 10.1 Å². The fraction of sp³-hybridized carbons (Fsp3) is 0.462. The van der Waals surface area contributed by atoms with Gasteiger partial charge in [0.15, 0.2) is 0 Å². The maximum absolute atomic E-state index is 11.6. The van der Waals surface area contributed by atoms with Gasteiger partial charge in [0.2, 0.25) is 0 Å². The minimum atomic E-state index is -0.484. The van der Waals surface area contributed by atoms with E-state index in [0.29, 0.717) is 5.75 Å². The number of rotatable bonds is 3. The van der Waals surface area contributed by atoms with E-state index in [1.165, 1.54) is 0 Å². The first-order valence-electron chi connectivity index (χ1n) is 5.57. The molecule has 17 heavy (non-hydrogen) atoms. The van der Waals surface area contributed by atoms with Crippen LogP contribution in [0, 0.1) is 0 Å². The van der Waals surface area contributed by atoms with E-state index in [2.05, 4.69) is 17.9 Å². The lowest BCUT2D eigenvalue weighted by Gasteiger charge is -2.23. The Morgan fingerprint density at radius 2 is 1.94 bits per heavy atom. The van der Waals surface area contributed by atoms with Crippen molar-refractivity contribution >= 4 is 18.7 Å². The van der Waals surface area contributed by atoms with Crippen LogP contribution < -0.4 is 5.32 Å². The molecule has 1 N–H and O–H groups in total. The molecular weight excluding hydrogens is 234 g/mol. The summed E-state index contributed by atoms with van der Waals surface area (Å²) >= 11 is 4.24. The Kier molecular flexibility index (Phi) is 4.87. The number of alkyl carbamates (subject to hydrolysis) is 1. The zero-order valence-electron chi connectivity index (χ0n) is 10.4. The fourth-order valence-corrected chi connectivity index (χ4v) is 1.67. The molecule has 0 aromatic heterocycles. The molecule has 1 atom stereocenters. The first-order valence-corrected chi connectivity index (χ1v) is 6.21. The van der Waals surface area contributed by atoms with Crippen molar-refractivity contribution in [3.63, 3.8) is 0 Å². The Bertz CT molecular complexity index is 359. The van der Waals surface area contributed by atoms with Crippen molar-refractivity contribution in [1.29, 1.82) is 0 Å². The summed E-state index contributed by atoms with van der Waals surface area (Å²) in [7, 11) is 0. The van der Waals surface area contributed by atoms with Crippen LogP contribution in [-0.4, -0.2) is 17.4 Å². The number of nitrogens with one attached hydrogen (secondary N) is 1. The summed E-state index contributed by atoms with van der Waals surface area (Å²) in [5.74, 6) is 0.531. The van der Waals surface area contributed by atoms with Gasteiger partial charge in [-0.25, -0.2) is 4.79 Å². The molecule has 0 aliphatic carbocycles. The summed E-state index contributed by atoms with van der Waals surface area (Å²) in [6, 6.07) is 9.59. The minimum absolute atomic E-state index is 0.130. The minimum Gasteiger partial charge on any atom is -0.444 e. The van der Waals surface area contributed by atoms with Gasteiger partial charge >= 0.3 is 6.09 Å². The number of amides is 1. The summed E-state index contributed by atoms with van der Waals surface area (Å²) in [4.78, 5) is 11.6. The summed E-state index contributed by atoms with van der Waals surface area (Å²) in [5, 5.41) is 2.80. The van der Waals surface area contributed by atoms with Crippen LogP contribution in [0.2, 0.25) is 0 Å². The van der Waals surface area contributed by atoms with E-state index in [4.69, 9.17) is 4.74 Å². The summed E-state index contributed by atoms with van der Waals surface area (Å²) < 4.78 is 5.21. The SMILES string of the molecule is CC(C)(C)OC(=O)N[C@H](CS)c1ccccc1. The molecule has 1 amide bonds. The van der Waals surface area contributed by atoms with Gasteiger partial charge in [-0.2, -0.15) is 12.6 Å². The number of benzene rings is 1. The molecular formula is C13H19NO2S. The monoisotopic (exact) mass is 253 g/mol. The first-order chi connectivity index (χ1) is 7.92. The van der Waals surface area contributed by atoms with Gasteiger partial charge in [-0.1, -0.05) is 30.3 Å². The van der Waals surface area contributed by atoms with Crippen LogP contribution in [0.1, 0.15) is 32.4 Å². The highest BCUT2D eigenvalue weighted by Crippen LogP contribution is 2.15. The van der Waals surface area contributed by atoms with Crippen LogP contribution in [0.4, 0.5) is 4.79 Å². The quantitative estimate of drug-likeness (QED) is 0.812. The standard InChI is InChI=1S/C13H19NO2S/c1-13(2,3)16-12(15)14-11(9-17)10-7-5-4-6-8-10/h4-8,11,17H,9H2,1-3H3,(H,14,15)/t11-/m1/s1. The third-order valence-corrected chi connectivity index (χ3v) is 2.44. The van der Waals surface area contributed by atoms with Gasteiger partial charge in [0.05, 0.1) is 6.04 Å². The Morgan fingerprint density at radius 3 is 2.41 bits per heavy atom. The number of thiol groups is 1. The number of ether oxygens (including phenoxy) is 1. The fourth-order valence-electron chi connectivity index (χ4n) is 1.37. The largest absolute Gasteiger partial charge is 0.444 e. The molecule has 94 valence electrons. The van der Waals surface area contributed by atoms with E-state index in [-0.39, 0.29) is 6.04 Å². The average molecular weight is 253 g/mol. The van der Waals surface area contributed by atoms with E-state index in [0.717, 1.165) is 5.56 Å². The summed E-state index contributed by atoms with van der Waals surface area (Å²) in [6.07, 6.45) is -0.416. The second kappa shape index (κ2) is 5.96. The van der Waals surface area contributed by atoms with Crippen molar-refractivity contribution < 1.29 is 9.53 Å². The molecule has 0 unspecified atom stereocenters. The molecule has 0 fully saturated rings. The van der Waals surface area contributed by atoms with Gasteiger partial charge in [0.25, 0.3) is 0 Å². The highest BCUT2D eigenvalue weighted by molar-refractivity contribution is 7.80.